The van der Waals surface area contributed by atoms with E-state index in [1.807, 2.05) is 24.3 Å². The maximum Gasteiger partial charge on any atom is 0.416 e. The third kappa shape index (κ3) is 4.27. The number of rotatable bonds is 4. The van der Waals surface area contributed by atoms with Crippen molar-refractivity contribution < 1.29 is 22.7 Å². The summed E-state index contributed by atoms with van der Waals surface area (Å²) < 4.78 is 43.7. The van der Waals surface area contributed by atoms with Crippen LogP contribution in [0.4, 0.5) is 13.2 Å². The van der Waals surface area contributed by atoms with Gasteiger partial charge in [-0.1, -0.05) is 12.1 Å². The minimum absolute atomic E-state index is 0.105. The number of carbonyl (C=O) groups is 1. The molecule has 0 saturated carbocycles. The van der Waals surface area contributed by atoms with Crippen molar-refractivity contribution in [2.45, 2.75) is 38.0 Å². The fourth-order valence-electron chi connectivity index (χ4n) is 3.80. The Morgan fingerprint density at radius 1 is 1.20 bits per heavy atom. The lowest BCUT2D eigenvalue weighted by atomic mass is 9.97. The van der Waals surface area contributed by atoms with Gasteiger partial charge < -0.3 is 14.6 Å². The van der Waals surface area contributed by atoms with E-state index in [1.165, 1.54) is 12.1 Å². The first-order valence-corrected chi connectivity index (χ1v) is 9.88. The summed E-state index contributed by atoms with van der Waals surface area (Å²) in [4.78, 5) is 22.6. The van der Waals surface area contributed by atoms with Gasteiger partial charge in [-0.25, -0.2) is 4.98 Å². The molecule has 30 heavy (non-hydrogen) atoms. The molecule has 5 nitrogen and oxygen atoms in total. The number of benzene rings is 2. The molecule has 8 heteroatoms. The molecule has 158 valence electrons. The second-order valence-corrected chi connectivity index (χ2v) is 7.54. The third-order valence-corrected chi connectivity index (χ3v) is 5.37. The number of fused-ring (bicyclic) bond motifs is 1. The quantitative estimate of drug-likeness (QED) is 0.666. The zero-order valence-corrected chi connectivity index (χ0v) is 16.4. The number of nitrogens with one attached hydrogen (secondary N) is 1. The third-order valence-electron chi connectivity index (χ3n) is 5.37. The minimum Gasteiger partial charge on any atom is -0.481 e. The van der Waals surface area contributed by atoms with Crippen molar-refractivity contribution in [1.82, 2.24) is 14.9 Å². The molecule has 0 aliphatic carbocycles. The topological polar surface area (TPSA) is 58.2 Å². The number of aromatic amines is 1. The Morgan fingerprint density at radius 2 is 1.93 bits per heavy atom. The standard InChI is InChI=1S/C22H22F3N3O2/c1-14(30-17-10-8-16(9-11-17)22(23,24)25)21(29)28-12-4-5-15(13-28)20-26-18-6-2-3-7-19(18)27-20/h2-3,6-11,14-15H,4-5,12-13H2,1H3,(H,26,27). The maximum absolute atomic E-state index is 12.9. The number of carbonyl (C=O) groups excluding carboxylic acids is 1. The molecule has 2 atom stereocenters. The first kappa shape index (κ1) is 20.3. The van der Waals surface area contributed by atoms with Crippen LogP contribution in [0.1, 0.15) is 37.1 Å². The van der Waals surface area contributed by atoms with E-state index in [9.17, 15) is 18.0 Å². The maximum atomic E-state index is 12.9. The Balaban J connectivity index is 1.41. The average Bonchev–Trinajstić information content (AvgIpc) is 3.17. The van der Waals surface area contributed by atoms with Gasteiger partial charge in [0.1, 0.15) is 11.6 Å². The highest BCUT2D eigenvalue weighted by molar-refractivity contribution is 5.81. The van der Waals surface area contributed by atoms with Gasteiger partial charge in [-0.05, 0) is 56.2 Å². The van der Waals surface area contributed by atoms with E-state index in [4.69, 9.17) is 4.74 Å². The van der Waals surface area contributed by atoms with E-state index in [1.54, 1.807) is 11.8 Å². The van der Waals surface area contributed by atoms with E-state index in [2.05, 4.69) is 9.97 Å². The van der Waals surface area contributed by atoms with Gasteiger partial charge in [0.25, 0.3) is 5.91 Å². The summed E-state index contributed by atoms with van der Waals surface area (Å²) in [5.74, 6) is 1.02. The number of piperidine rings is 1. The monoisotopic (exact) mass is 417 g/mol. The zero-order valence-electron chi connectivity index (χ0n) is 16.4. The number of aromatic nitrogens is 2. The van der Waals surface area contributed by atoms with Gasteiger partial charge in [-0.2, -0.15) is 13.2 Å². The van der Waals surface area contributed by atoms with Crippen LogP contribution in [0.5, 0.6) is 5.75 Å². The Kier molecular flexibility index (Phi) is 5.40. The van der Waals surface area contributed by atoms with Gasteiger partial charge in [-0.3, -0.25) is 4.79 Å². The van der Waals surface area contributed by atoms with E-state index in [-0.39, 0.29) is 17.6 Å². The average molecular weight is 417 g/mol. The van der Waals surface area contributed by atoms with Crippen molar-refractivity contribution >= 4 is 16.9 Å². The summed E-state index contributed by atoms with van der Waals surface area (Å²) in [6.07, 6.45) is -3.42. The normalized spacial score (nSPS) is 18.4. The Morgan fingerprint density at radius 3 is 2.63 bits per heavy atom. The SMILES string of the molecule is CC(Oc1ccc(C(F)(F)F)cc1)C(=O)N1CCCC(c2nc3ccccc3[nH]2)C1. The molecule has 1 aromatic heterocycles. The number of hydrogen-bond acceptors (Lipinski definition) is 3. The van der Waals surface area contributed by atoms with Crippen LogP contribution in [0.3, 0.4) is 0 Å². The van der Waals surface area contributed by atoms with Crippen LogP contribution in [-0.2, 0) is 11.0 Å². The molecule has 0 radical (unpaired) electrons. The molecule has 1 fully saturated rings. The van der Waals surface area contributed by atoms with Gasteiger partial charge >= 0.3 is 6.18 Å². The molecular weight excluding hydrogens is 395 g/mol. The molecule has 1 N–H and O–H groups in total. The number of ether oxygens (including phenoxy) is 1. The van der Waals surface area contributed by atoms with Crippen molar-refractivity contribution in [1.29, 1.82) is 0 Å². The van der Waals surface area contributed by atoms with Crippen molar-refractivity contribution in [2.75, 3.05) is 13.1 Å². The van der Waals surface area contributed by atoms with E-state index >= 15 is 0 Å². The van der Waals surface area contributed by atoms with Crippen LogP contribution >= 0.6 is 0 Å². The van der Waals surface area contributed by atoms with Gasteiger partial charge in [0.2, 0.25) is 0 Å². The number of imidazole rings is 1. The van der Waals surface area contributed by atoms with Crippen molar-refractivity contribution in [3.05, 3.63) is 59.9 Å². The molecule has 3 aromatic rings. The largest absolute Gasteiger partial charge is 0.481 e. The number of amides is 1. The van der Waals surface area contributed by atoms with Crippen LogP contribution in [0.15, 0.2) is 48.5 Å². The van der Waals surface area contributed by atoms with E-state index in [0.29, 0.717) is 13.1 Å². The van der Waals surface area contributed by atoms with Crippen LogP contribution in [0, 0.1) is 0 Å². The molecule has 0 spiro atoms. The molecule has 4 rings (SSSR count). The van der Waals surface area contributed by atoms with Gasteiger partial charge in [0.05, 0.1) is 16.6 Å². The van der Waals surface area contributed by atoms with Gasteiger partial charge in [0.15, 0.2) is 6.10 Å². The lowest BCUT2D eigenvalue weighted by Crippen LogP contribution is -2.45. The highest BCUT2D eigenvalue weighted by atomic mass is 19.4. The van der Waals surface area contributed by atoms with E-state index < -0.39 is 17.8 Å². The second kappa shape index (κ2) is 8.01. The predicted molar refractivity (Wildman–Crippen MR) is 106 cm³/mol. The highest BCUT2D eigenvalue weighted by Gasteiger charge is 2.31. The number of H-pyrrole nitrogens is 1. The summed E-state index contributed by atoms with van der Waals surface area (Å²) in [5.41, 5.74) is 1.11. The van der Waals surface area contributed by atoms with Crippen LogP contribution in [0.2, 0.25) is 0 Å². The summed E-state index contributed by atoms with van der Waals surface area (Å²) in [7, 11) is 0. The van der Waals surface area contributed by atoms with E-state index in [0.717, 1.165) is 41.8 Å². The van der Waals surface area contributed by atoms with Crippen molar-refractivity contribution in [3.8, 4) is 5.75 Å². The Labute approximate surface area is 171 Å². The van der Waals surface area contributed by atoms with Gasteiger partial charge in [0, 0.05) is 19.0 Å². The minimum atomic E-state index is -4.40. The first-order chi connectivity index (χ1) is 14.3. The first-order valence-electron chi connectivity index (χ1n) is 9.88. The number of halogens is 3. The molecule has 2 heterocycles. The molecule has 2 unspecified atom stereocenters. The molecule has 1 aliphatic rings. The predicted octanol–water partition coefficient (Wildman–Crippen LogP) is 4.76. The number of nitrogens with zero attached hydrogens (tertiary/aromatic N) is 2. The molecule has 1 aliphatic heterocycles. The number of alkyl halides is 3. The van der Waals surface area contributed by atoms with Crippen LogP contribution in [0.25, 0.3) is 11.0 Å². The number of hydrogen-bond donors (Lipinski definition) is 1. The Hall–Kier alpha value is -3.03. The second-order valence-electron chi connectivity index (χ2n) is 7.54. The summed E-state index contributed by atoms with van der Waals surface area (Å²) in [6.45, 7) is 2.76. The van der Waals surface area contributed by atoms with Crippen molar-refractivity contribution in [2.24, 2.45) is 0 Å². The summed E-state index contributed by atoms with van der Waals surface area (Å²) in [6, 6.07) is 12.2. The number of likely N-dealkylation sites (tertiary alicyclic amines) is 1. The molecule has 0 bridgehead atoms. The highest BCUT2D eigenvalue weighted by Crippen LogP contribution is 2.31. The summed E-state index contributed by atoms with van der Waals surface area (Å²) in [5, 5.41) is 0. The fraction of sp³-hybridized carbons (Fsp3) is 0.364. The Bertz CT molecular complexity index is 997. The lowest BCUT2D eigenvalue weighted by molar-refractivity contribution is -0.139. The zero-order chi connectivity index (χ0) is 21.3. The van der Waals surface area contributed by atoms with Crippen molar-refractivity contribution in [3.63, 3.8) is 0 Å². The fourth-order valence-corrected chi connectivity index (χ4v) is 3.80. The smallest absolute Gasteiger partial charge is 0.416 e. The molecular formula is C22H22F3N3O2. The summed E-state index contributed by atoms with van der Waals surface area (Å²) >= 11 is 0. The molecule has 2 aromatic carbocycles. The van der Waals surface area contributed by atoms with Crippen LogP contribution in [-0.4, -0.2) is 40.0 Å². The lowest BCUT2D eigenvalue weighted by Gasteiger charge is -2.33. The number of para-hydroxylation sites is 2. The molecule has 1 saturated heterocycles. The van der Waals surface area contributed by atoms with Crippen LogP contribution < -0.4 is 4.74 Å². The molecule has 1 amide bonds. The van der Waals surface area contributed by atoms with Gasteiger partial charge in [-0.15, -0.1) is 0 Å².